The molecule has 0 radical (unpaired) electrons. The average molecular weight is 335 g/mol. The van der Waals surface area contributed by atoms with Gasteiger partial charge in [0.15, 0.2) is 0 Å². The van der Waals surface area contributed by atoms with Gasteiger partial charge in [0, 0.05) is 35.1 Å². The van der Waals surface area contributed by atoms with Crippen LogP contribution in [0.1, 0.15) is 29.1 Å². The summed E-state index contributed by atoms with van der Waals surface area (Å²) in [5.74, 6) is 0.0637. The standard InChI is InChI=1S/C19H21N5O/c1-12-13(2)24(11-20-12)17-7-5-16(6-8-17)22-19(25)14-3-4-15-10-21-23-18(15)9-14/h5-8,10-11,14H,3-4,9H2,1-2H3,(H,21,23)(H,22,25). The van der Waals surface area contributed by atoms with E-state index in [1.165, 1.54) is 5.56 Å². The minimum atomic E-state index is -0.00818. The Labute approximate surface area is 146 Å². The molecule has 1 aromatic carbocycles. The number of hydrogen-bond acceptors (Lipinski definition) is 3. The zero-order valence-corrected chi connectivity index (χ0v) is 14.4. The van der Waals surface area contributed by atoms with Crippen molar-refractivity contribution in [2.24, 2.45) is 5.92 Å². The average Bonchev–Trinajstić information content (AvgIpc) is 3.22. The van der Waals surface area contributed by atoms with Gasteiger partial charge < -0.3 is 9.88 Å². The van der Waals surface area contributed by atoms with Crippen molar-refractivity contribution in [2.75, 3.05) is 5.32 Å². The SMILES string of the molecule is Cc1ncn(-c2ccc(NC(=O)C3CCc4cn[nH]c4C3)cc2)c1C. The molecule has 1 amide bonds. The first kappa shape index (κ1) is 15.6. The van der Waals surface area contributed by atoms with E-state index >= 15 is 0 Å². The molecule has 0 bridgehead atoms. The molecular weight excluding hydrogens is 314 g/mol. The van der Waals surface area contributed by atoms with Crippen LogP contribution >= 0.6 is 0 Å². The lowest BCUT2D eigenvalue weighted by atomic mass is 9.87. The Morgan fingerprint density at radius 3 is 2.80 bits per heavy atom. The summed E-state index contributed by atoms with van der Waals surface area (Å²) >= 11 is 0. The van der Waals surface area contributed by atoms with Gasteiger partial charge in [-0.1, -0.05) is 0 Å². The lowest BCUT2D eigenvalue weighted by molar-refractivity contribution is -0.120. The number of nitrogens with one attached hydrogen (secondary N) is 2. The Bertz CT molecular complexity index is 906. The number of anilines is 1. The third-order valence-corrected chi connectivity index (χ3v) is 5.06. The van der Waals surface area contributed by atoms with Gasteiger partial charge in [-0.25, -0.2) is 4.98 Å². The monoisotopic (exact) mass is 335 g/mol. The fourth-order valence-corrected chi connectivity index (χ4v) is 3.34. The fraction of sp³-hybridized carbons (Fsp3) is 0.316. The van der Waals surface area contributed by atoms with Crippen molar-refractivity contribution in [1.82, 2.24) is 19.7 Å². The molecule has 1 aliphatic rings. The Kier molecular flexibility index (Phi) is 3.87. The van der Waals surface area contributed by atoms with Gasteiger partial charge in [0.25, 0.3) is 0 Å². The Morgan fingerprint density at radius 2 is 2.08 bits per heavy atom. The second-order valence-electron chi connectivity index (χ2n) is 6.64. The number of imidazole rings is 1. The van der Waals surface area contributed by atoms with Crippen LogP contribution in [0, 0.1) is 19.8 Å². The largest absolute Gasteiger partial charge is 0.326 e. The molecule has 25 heavy (non-hydrogen) atoms. The number of aryl methyl sites for hydroxylation is 2. The van der Waals surface area contributed by atoms with Crippen LogP contribution in [0.25, 0.3) is 5.69 Å². The first-order valence-electron chi connectivity index (χ1n) is 8.55. The van der Waals surface area contributed by atoms with Gasteiger partial charge in [-0.05, 0) is 56.5 Å². The molecule has 0 fully saturated rings. The molecule has 0 spiro atoms. The first-order chi connectivity index (χ1) is 12.1. The normalized spacial score (nSPS) is 16.5. The van der Waals surface area contributed by atoms with E-state index in [0.717, 1.165) is 47.7 Å². The highest BCUT2D eigenvalue weighted by Gasteiger charge is 2.25. The van der Waals surface area contributed by atoms with Crippen LogP contribution < -0.4 is 5.32 Å². The summed E-state index contributed by atoms with van der Waals surface area (Å²) in [4.78, 5) is 16.9. The molecule has 128 valence electrons. The van der Waals surface area contributed by atoms with Crippen molar-refractivity contribution in [1.29, 1.82) is 0 Å². The molecule has 6 heteroatoms. The smallest absolute Gasteiger partial charge is 0.227 e. The molecule has 4 rings (SSSR count). The lowest BCUT2D eigenvalue weighted by Gasteiger charge is -2.21. The molecule has 2 N–H and O–H groups in total. The summed E-state index contributed by atoms with van der Waals surface area (Å²) in [6, 6.07) is 7.87. The van der Waals surface area contributed by atoms with Crippen LogP contribution in [-0.2, 0) is 17.6 Å². The number of amides is 1. The maximum Gasteiger partial charge on any atom is 0.227 e. The molecule has 0 saturated heterocycles. The second-order valence-corrected chi connectivity index (χ2v) is 6.64. The molecule has 1 atom stereocenters. The van der Waals surface area contributed by atoms with E-state index in [-0.39, 0.29) is 11.8 Å². The van der Waals surface area contributed by atoms with E-state index in [4.69, 9.17) is 0 Å². The van der Waals surface area contributed by atoms with Gasteiger partial charge in [-0.3, -0.25) is 9.89 Å². The van der Waals surface area contributed by atoms with Crippen molar-refractivity contribution in [3.8, 4) is 5.69 Å². The Hall–Kier alpha value is -2.89. The first-order valence-corrected chi connectivity index (χ1v) is 8.55. The highest BCUT2D eigenvalue weighted by Crippen LogP contribution is 2.25. The van der Waals surface area contributed by atoms with E-state index in [9.17, 15) is 4.79 Å². The Morgan fingerprint density at radius 1 is 1.28 bits per heavy atom. The molecule has 1 unspecified atom stereocenters. The number of carbonyl (C=O) groups is 1. The maximum absolute atomic E-state index is 12.6. The third-order valence-electron chi connectivity index (χ3n) is 5.06. The summed E-state index contributed by atoms with van der Waals surface area (Å²) in [5, 5.41) is 10.1. The predicted octanol–water partition coefficient (Wildman–Crippen LogP) is 2.96. The predicted molar refractivity (Wildman–Crippen MR) is 95.8 cm³/mol. The summed E-state index contributed by atoms with van der Waals surface area (Å²) in [6.07, 6.45) is 6.18. The number of fused-ring (bicyclic) bond motifs is 1. The number of aromatic amines is 1. The summed E-state index contributed by atoms with van der Waals surface area (Å²) in [5.41, 5.74) is 6.32. The van der Waals surface area contributed by atoms with Crippen molar-refractivity contribution in [3.63, 3.8) is 0 Å². The second kappa shape index (κ2) is 6.20. The maximum atomic E-state index is 12.6. The number of aromatic nitrogens is 4. The van der Waals surface area contributed by atoms with E-state index < -0.39 is 0 Å². The topological polar surface area (TPSA) is 75.6 Å². The number of hydrogen-bond donors (Lipinski definition) is 2. The van der Waals surface area contributed by atoms with E-state index in [2.05, 4.69) is 20.5 Å². The van der Waals surface area contributed by atoms with Gasteiger partial charge in [-0.2, -0.15) is 5.10 Å². The minimum Gasteiger partial charge on any atom is -0.326 e. The zero-order valence-electron chi connectivity index (χ0n) is 14.4. The van der Waals surface area contributed by atoms with Crippen molar-refractivity contribution in [2.45, 2.75) is 33.1 Å². The van der Waals surface area contributed by atoms with Crippen LogP contribution in [-0.4, -0.2) is 25.7 Å². The number of carbonyl (C=O) groups excluding carboxylic acids is 1. The lowest BCUT2D eigenvalue weighted by Crippen LogP contribution is -2.28. The van der Waals surface area contributed by atoms with E-state index in [0.29, 0.717) is 0 Å². The van der Waals surface area contributed by atoms with E-state index in [1.54, 1.807) is 0 Å². The van der Waals surface area contributed by atoms with Crippen LogP contribution in [0.5, 0.6) is 0 Å². The number of H-pyrrole nitrogens is 1. The molecule has 3 aromatic rings. The van der Waals surface area contributed by atoms with Gasteiger partial charge in [-0.15, -0.1) is 0 Å². The molecule has 0 aliphatic heterocycles. The fourth-order valence-electron chi connectivity index (χ4n) is 3.34. The van der Waals surface area contributed by atoms with Gasteiger partial charge >= 0.3 is 0 Å². The molecular formula is C19H21N5O. The van der Waals surface area contributed by atoms with Crippen LogP contribution in [0.2, 0.25) is 0 Å². The van der Waals surface area contributed by atoms with Crippen LogP contribution in [0.3, 0.4) is 0 Å². The molecule has 2 heterocycles. The number of nitrogens with zero attached hydrogens (tertiary/aromatic N) is 3. The summed E-state index contributed by atoms with van der Waals surface area (Å²) in [6.45, 7) is 4.04. The summed E-state index contributed by atoms with van der Waals surface area (Å²) < 4.78 is 2.04. The Balaban J connectivity index is 1.45. The van der Waals surface area contributed by atoms with Crippen molar-refractivity contribution >= 4 is 11.6 Å². The van der Waals surface area contributed by atoms with Crippen LogP contribution in [0.4, 0.5) is 5.69 Å². The molecule has 6 nitrogen and oxygen atoms in total. The summed E-state index contributed by atoms with van der Waals surface area (Å²) in [7, 11) is 0. The minimum absolute atomic E-state index is 0.00818. The zero-order chi connectivity index (χ0) is 17.4. The highest BCUT2D eigenvalue weighted by molar-refractivity contribution is 5.92. The molecule has 2 aromatic heterocycles. The van der Waals surface area contributed by atoms with Crippen LogP contribution in [0.15, 0.2) is 36.8 Å². The quantitative estimate of drug-likeness (QED) is 0.773. The van der Waals surface area contributed by atoms with Crippen molar-refractivity contribution < 1.29 is 4.79 Å². The number of rotatable bonds is 3. The third kappa shape index (κ3) is 2.95. The number of benzene rings is 1. The van der Waals surface area contributed by atoms with E-state index in [1.807, 2.05) is 55.2 Å². The van der Waals surface area contributed by atoms with Gasteiger partial charge in [0.05, 0.1) is 18.2 Å². The molecule has 1 aliphatic carbocycles. The van der Waals surface area contributed by atoms with Gasteiger partial charge in [0.1, 0.15) is 0 Å². The van der Waals surface area contributed by atoms with Crippen molar-refractivity contribution in [3.05, 3.63) is 59.4 Å². The van der Waals surface area contributed by atoms with Gasteiger partial charge in [0.2, 0.25) is 5.91 Å². The molecule has 0 saturated carbocycles. The highest BCUT2D eigenvalue weighted by atomic mass is 16.1.